The number of halogens is 1. The maximum atomic E-state index is 12.1. The van der Waals surface area contributed by atoms with Crippen LogP contribution in [0.5, 0.6) is 5.75 Å². The van der Waals surface area contributed by atoms with Gasteiger partial charge in [0, 0.05) is 11.6 Å². The number of ether oxygens (including phenoxy) is 2. The van der Waals surface area contributed by atoms with Gasteiger partial charge in [0.1, 0.15) is 5.75 Å². The first kappa shape index (κ1) is 15.1. The summed E-state index contributed by atoms with van der Waals surface area (Å²) < 4.78 is 11.1. The Bertz CT molecular complexity index is 460. The summed E-state index contributed by atoms with van der Waals surface area (Å²) in [5.74, 6) is 0.442. The first-order valence-corrected chi connectivity index (χ1v) is 7.28. The number of amides is 1. The van der Waals surface area contributed by atoms with E-state index in [-0.39, 0.29) is 18.1 Å². The van der Waals surface area contributed by atoms with Crippen molar-refractivity contribution in [2.45, 2.75) is 44.9 Å². The molecule has 1 aliphatic heterocycles. The first-order valence-electron chi connectivity index (χ1n) is 6.90. The summed E-state index contributed by atoms with van der Waals surface area (Å²) in [5, 5.41) is 3.52. The average Bonchev–Trinajstić information content (AvgIpc) is 2.92. The smallest absolute Gasteiger partial charge is 0.261 e. The van der Waals surface area contributed by atoms with Crippen LogP contribution in [0.4, 0.5) is 0 Å². The second-order valence-electron chi connectivity index (χ2n) is 5.07. The molecule has 1 heterocycles. The van der Waals surface area contributed by atoms with Gasteiger partial charge in [-0.3, -0.25) is 4.79 Å². The monoisotopic (exact) mass is 297 g/mol. The molecule has 1 saturated heterocycles. The van der Waals surface area contributed by atoms with Crippen molar-refractivity contribution >= 4 is 17.5 Å². The molecule has 5 heteroatoms. The Morgan fingerprint density at radius 1 is 1.50 bits per heavy atom. The highest BCUT2D eigenvalue weighted by Gasteiger charge is 2.25. The van der Waals surface area contributed by atoms with E-state index < -0.39 is 6.10 Å². The second-order valence-corrected chi connectivity index (χ2v) is 5.50. The molecule has 0 saturated carbocycles. The molecular weight excluding hydrogens is 278 g/mol. The van der Waals surface area contributed by atoms with Gasteiger partial charge in [-0.15, -0.1) is 0 Å². The van der Waals surface area contributed by atoms with Crippen LogP contribution in [0, 0.1) is 0 Å². The van der Waals surface area contributed by atoms with Crippen molar-refractivity contribution < 1.29 is 14.3 Å². The summed E-state index contributed by atoms with van der Waals surface area (Å²) in [7, 11) is 0. The van der Waals surface area contributed by atoms with E-state index in [0.717, 1.165) is 19.4 Å². The minimum absolute atomic E-state index is 0.00425. The Hall–Kier alpha value is -1.26. The quantitative estimate of drug-likeness (QED) is 0.909. The molecule has 0 bridgehead atoms. The SMILES string of the molecule is C[C@H](NC(=O)[C@@H](C)Oc1cccc(Cl)c1)[C@H]1CCCO1. The van der Waals surface area contributed by atoms with Gasteiger partial charge in [0.25, 0.3) is 5.91 Å². The lowest BCUT2D eigenvalue weighted by atomic mass is 10.1. The molecular formula is C15H20ClNO3. The Kier molecular flexibility index (Phi) is 5.26. The normalized spacial score (nSPS) is 21.2. The van der Waals surface area contributed by atoms with E-state index in [2.05, 4.69) is 5.32 Å². The predicted octanol–water partition coefficient (Wildman–Crippen LogP) is 2.79. The van der Waals surface area contributed by atoms with Crippen molar-refractivity contribution in [3.05, 3.63) is 29.3 Å². The minimum atomic E-state index is -0.572. The van der Waals surface area contributed by atoms with Gasteiger partial charge in [0.15, 0.2) is 6.10 Å². The van der Waals surface area contributed by atoms with Crippen LogP contribution in [0.2, 0.25) is 5.02 Å². The van der Waals surface area contributed by atoms with E-state index in [9.17, 15) is 4.79 Å². The molecule has 1 amide bonds. The van der Waals surface area contributed by atoms with Crippen LogP contribution in [-0.4, -0.2) is 30.8 Å². The number of benzene rings is 1. The van der Waals surface area contributed by atoms with Gasteiger partial charge in [0.05, 0.1) is 12.1 Å². The number of nitrogens with one attached hydrogen (secondary N) is 1. The molecule has 1 aromatic rings. The highest BCUT2D eigenvalue weighted by molar-refractivity contribution is 6.30. The number of carbonyl (C=O) groups is 1. The van der Waals surface area contributed by atoms with Crippen LogP contribution in [-0.2, 0) is 9.53 Å². The van der Waals surface area contributed by atoms with Crippen LogP contribution in [0.25, 0.3) is 0 Å². The summed E-state index contributed by atoms with van der Waals surface area (Å²) in [5.41, 5.74) is 0. The van der Waals surface area contributed by atoms with Crippen molar-refractivity contribution in [1.82, 2.24) is 5.32 Å². The lowest BCUT2D eigenvalue weighted by molar-refractivity contribution is -0.128. The van der Waals surface area contributed by atoms with Crippen molar-refractivity contribution in [1.29, 1.82) is 0 Å². The molecule has 0 aromatic heterocycles. The van der Waals surface area contributed by atoms with Crippen LogP contribution < -0.4 is 10.1 Å². The number of rotatable bonds is 5. The number of hydrogen-bond donors (Lipinski definition) is 1. The van der Waals surface area contributed by atoms with Crippen LogP contribution in [0.3, 0.4) is 0 Å². The molecule has 1 N–H and O–H groups in total. The zero-order valence-corrected chi connectivity index (χ0v) is 12.5. The molecule has 0 unspecified atom stereocenters. The molecule has 20 heavy (non-hydrogen) atoms. The molecule has 2 rings (SSSR count). The zero-order valence-electron chi connectivity index (χ0n) is 11.8. The fraction of sp³-hybridized carbons (Fsp3) is 0.533. The lowest BCUT2D eigenvalue weighted by Crippen LogP contribution is -2.46. The van der Waals surface area contributed by atoms with Gasteiger partial charge in [0.2, 0.25) is 0 Å². The fourth-order valence-electron chi connectivity index (χ4n) is 2.23. The van der Waals surface area contributed by atoms with E-state index in [1.807, 2.05) is 6.92 Å². The Balaban J connectivity index is 1.85. The van der Waals surface area contributed by atoms with E-state index in [1.54, 1.807) is 31.2 Å². The van der Waals surface area contributed by atoms with Crippen molar-refractivity contribution in [3.8, 4) is 5.75 Å². The van der Waals surface area contributed by atoms with Crippen molar-refractivity contribution in [2.24, 2.45) is 0 Å². The largest absolute Gasteiger partial charge is 0.481 e. The summed E-state index contributed by atoms with van der Waals surface area (Å²) >= 11 is 5.88. The molecule has 0 aliphatic carbocycles. The van der Waals surface area contributed by atoms with Gasteiger partial charge in [-0.1, -0.05) is 17.7 Å². The third-order valence-electron chi connectivity index (χ3n) is 3.37. The number of carbonyl (C=O) groups excluding carboxylic acids is 1. The van der Waals surface area contributed by atoms with Gasteiger partial charge in [-0.25, -0.2) is 0 Å². The molecule has 3 atom stereocenters. The summed E-state index contributed by atoms with van der Waals surface area (Å²) in [6.07, 6.45) is 1.58. The Morgan fingerprint density at radius 2 is 2.30 bits per heavy atom. The molecule has 0 radical (unpaired) electrons. The highest BCUT2D eigenvalue weighted by Crippen LogP contribution is 2.19. The van der Waals surface area contributed by atoms with Crippen LogP contribution in [0.1, 0.15) is 26.7 Å². The van der Waals surface area contributed by atoms with Crippen LogP contribution >= 0.6 is 11.6 Å². The summed E-state index contributed by atoms with van der Waals surface area (Å²) in [6.45, 7) is 4.46. The van der Waals surface area contributed by atoms with Gasteiger partial charge in [-0.2, -0.15) is 0 Å². The fourth-order valence-corrected chi connectivity index (χ4v) is 2.41. The minimum Gasteiger partial charge on any atom is -0.481 e. The van der Waals surface area contributed by atoms with E-state index in [1.165, 1.54) is 0 Å². The molecule has 1 aliphatic rings. The maximum Gasteiger partial charge on any atom is 0.261 e. The number of hydrogen-bond acceptors (Lipinski definition) is 3. The standard InChI is InChI=1S/C15H20ClNO3/c1-10(14-7-4-8-19-14)17-15(18)11(2)20-13-6-3-5-12(16)9-13/h3,5-6,9-11,14H,4,7-8H2,1-2H3,(H,17,18)/t10-,11+,14+/m0/s1. The van der Waals surface area contributed by atoms with Crippen LogP contribution in [0.15, 0.2) is 24.3 Å². The average molecular weight is 298 g/mol. The van der Waals surface area contributed by atoms with Gasteiger partial charge < -0.3 is 14.8 Å². The van der Waals surface area contributed by atoms with E-state index in [0.29, 0.717) is 10.8 Å². The molecule has 1 fully saturated rings. The topological polar surface area (TPSA) is 47.6 Å². The van der Waals surface area contributed by atoms with Crippen molar-refractivity contribution in [3.63, 3.8) is 0 Å². The van der Waals surface area contributed by atoms with Crippen molar-refractivity contribution in [2.75, 3.05) is 6.61 Å². The molecule has 110 valence electrons. The molecule has 4 nitrogen and oxygen atoms in total. The predicted molar refractivity (Wildman–Crippen MR) is 78.1 cm³/mol. The third kappa shape index (κ3) is 4.12. The molecule has 0 spiro atoms. The van der Waals surface area contributed by atoms with Gasteiger partial charge >= 0.3 is 0 Å². The third-order valence-corrected chi connectivity index (χ3v) is 3.61. The zero-order chi connectivity index (χ0) is 14.5. The molecule has 1 aromatic carbocycles. The Labute approximate surface area is 124 Å². The first-order chi connectivity index (χ1) is 9.56. The second kappa shape index (κ2) is 6.95. The summed E-state index contributed by atoms with van der Waals surface area (Å²) in [4.78, 5) is 12.1. The summed E-state index contributed by atoms with van der Waals surface area (Å²) in [6, 6.07) is 7.01. The van der Waals surface area contributed by atoms with Gasteiger partial charge in [-0.05, 0) is 44.9 Å². The lowest BCUT2D eigenvalue weighted by Gasteiger charge is -2.22. The van der Waals surface area contributed by atoms with E-state index in [4.69, 9.17) is 21.1 Å². The highest BCUT2D eigenvalue weighted by atomic mass is 35.5. The maximum absolute atomic E-state index is 12.1. The van der Waals surface area contributed by atoms with E-state index >= 15 is 0 Å². The Morgan fingerprint density at radius 3 is 2.95 bits per heavy atom.